The van der Waals surface area contributed by atoms with Gasteiger partial charge in [-0.25, -0.2) is 13.8 Å². The summed E-state index contributed by atoms with van der Waals surface area (Å²) in [4.78, 5) is 16.3. The fourth-order valence-corrected chi connectivity index (χ4v) is 2.85. The molecular weight excluding hydrogens is 342 g/mol. The molecule has 0 fully saturated rings. The van der Waals surface area contributed by atoms with E-state index in [9.17, 15) is 13.6 Å². The molecule has 0 saturated carbocycles. The first-order chi connectivity index (χ1) is 11.0. The molecule has 1 heterocycles. The smallest absolute Gasteiger partial charge is 0.275 e. The highest BCUT2D eigenvalue weighted by molar-refractivity contribution is 7.13. The molecule has 0 unspecified atom stereocenters. The molecule has 2 aromatic carbocycles. The second kappa shape index (κ2) is 6.44. The van der Waals surface area contributed by atoms with Gasteiger partial charge in [-0.05, 0) is 42.5 Å². The zero-order valence-electron chi connectivity index (χ0n) is 11.5. The number of hydrogen-bond donors (Lipinski definition) is 1. The molecule has 0 spiro atoms. The standard InChI is InChI=1S/C16H9ClF2N2OS/c17-10-3-6-13(12(19)7-10)20-15(22)14-8-23-16(21-14)9-1-4-11(18)5-2-9/h1-8H,(H,20,22). The molecule has 1 aromatic heterocycles. The van der Waals surface area contributed by atoms with Gasteiger partial charge < -0.3 is 5.32 Å². The van der Waals surface area contributed by atoms with Crippen LogP contribution in [0.4, 0.5) is 14.5 Å². The number of hydrogen-bond acceptors (Lipinski definition) is 3. The summed E-state index contributed by atoms with van der Waals surface area (Å²) in [6.07, 6.45) is 0. The molecule has 1 amide bonds. The first-order valence-electron chi connectivity index (χ1n) is 6.51. The minimum absolute atomic E-state index is 0.0238. The van der Waals surface area contributed by atoms with Gasteiger partial charge >= 0.3 is 0 Å². The van der Waals surface area contributed by atoms with E-state index in [0.717, 1.165) is 6.07 Å². The fraction of sp³-hybridized carbons (Fsp3) is 0. The van der Waals surface area contributed by atoms with Gasteiger partial charge in [-0.2, -0.15) is 0 Å². The van der Waals surface area contributed by atoms with Crippen LogP contribution in [0.3, 0.4) is 0 Å². The summed E-state index contributed by atoms with van der Waals surface area (Å²) < 4.78 is 26.6. The third kappa shape index (κ3) is 3.55. The lowest BCUT2D eigenvalue weighted by Gasteiger charge is -2.04. The number of carbonyl (C=O) groups excluding carboxylic acids is 1. The van der Waals surface area contributed by atoms with E-state index < -0.39 is 11.7 Å². The van der Waals surface area contributed by atoms with E-state index in [1.165, 1.54) is 35.6 Å². The summed E-state index contributed by atoms with van der Waals surface area (Å²) in [5.74, 6) is -1.50. The van der Waals surface area contributed by atoms with Crippen molar-refractivity contribution < 1.29 is 13.6 Å². The Hall–Kier alpha value is -2.31. The molecule has 0 aliphatic carbocycles. The lowest BCUT2D eigenvalue weighted by molar-refractivity contribution is 0.102. The highest BCUT2D eigenvalue weighted by Gasteiger charge is 2.14. The Kier molecular flexibility index (Phi) is 4.36. The Morgan fingerprint density at radius 1 is 1.13 bits per heavy atom. The Balaban J connectivity index is 1.79. The Morgan fingerprint density at radius 2 is 1.87 bits per heavy atom. The third-order valence-corrected chi connectivity index (χ3v) is 4.13. The quantitative estimate of drug-likeness (QED) is 0.722. The van der Waals surface area contributed by atoms with Crippen LogP contribution in [0.5, 0.6) is 0 Å². The number of nitrogens with one attached hydrogen (secondary N) is 1. The number of anilines is 1. The maximum Gasteiger partial charge on any atom is 0.275 e. The molecule has 7 heteroatoms. The summed E-state index contributed by atoms with van der Waals surface area (Å²) in [6, 6.07) is 9.76. The van der Waals surface area contributed by atoms with Crippen LogP contribution >= 0.6 is 22.9 Å². The second-order valence-corrected chi connectivity index (χ2v) is 5.92. The molecular formula is C16H9ClF2N2OS. The SMILES string of the molecule is O=C(Nc1ccc(Cl)cc1F)c1csc(-c2ccc(F)cc2)n1. The van der Waals surface area contributed by atoms with E-state index >= 15 is 0 Å². The van der Waals surface area contributed by atoms with Gasteiger partial charge in [0, 0.05) is 16.0 Å². The lowest BCUT2D eigenvalue weighted by atomic mass is 10.2. The molecule has 116 valence electrons. The van der Waals surface area contributed by atoms with Gasteiger partial charge in [0.2, 0.25) is 0 Å². The Labute approximate surface area is 139 Å². The number of nitrogens with zero attached hydrogens (tertiary/aromatic N) is 1. The van der Waals surface area contributed by atoms with Gasteiger partial charge in [0.1, 0.15) is 22.3 Å². The van der Waals surface area contributed by atoms with Crippen molar-refractivity contribution in [3.05, 3.63) is 70.2 Å². The van der Waals surface area contributed by atoms with Crippen LogP contribution in [0.15, 0.2) is 47.8 Å². The number of aromatic nitrogens is 1. The minimum atomic E-state index is -0.625. The zero-order valence-corrected chi connectivity index (χ0v) is 13.1. The van der Waals surface area contributed by atoms with Crippen molar-refractivity contribution >= 4 is 34.5 Å². The van der Waals surface area contributed by atoms with Gasteiger partial charge in [0.15, 0.2) is 0 Å². The predicted octanol–water partition coefficient (Wildman–Crippen LogP) is 4.99. The van der Waals surface area contributed by atoms with Gasteiger partial charge in [0.05, 0.1) is 5.69 Å². The van der Waals surface area contributed by atoms with Gasteiger partial charge in [0.25, 0.3) is 5.91 Å². The average Bonchev–Trinajstić information content (AvgIpc) is 3.01. The molecule has 3 nitrogen and oxygen atoms in total. The van der Waals surface area contributed by atoms with Crippen molar-refractivity contribution in [2.75, 3.05) is 5.32 Å². The Bertz CT molecular complexity index is 865. The number of halogens is 3. The molecule has 23 heavy (non-hydrogen) atoms. The maximum absolute atomic E-state index is 13.7. The van der Waals surface area contributed by atoms with Gasteiger partial charge in [-0.1, -0.05) is 11.6 Å². The van der Waals surface area contributed by atoms with Crippen LogP contribution in [0, 0.1) is 11.6 Å². The summed E-state index contributed by atoms with van der Waals surface area (Å²) in [6.45, 7) is 0. The first-order valence-corrected chi connectivity index (χ1v) is 7.76. The van der Waals surface area contributed by atoms with Crippen molar-refractivity contribution in [2.24, 2.45) is 0 Å². The van der Waals surface area contributed by atoms with Gasteiger partial charge in [-0.3, -0.25) is 4.79 Å². The number of amides is 1. The van der Waals surface area contributed by atoms with Crippen molar-refractivity contribution in [3.63, 3.8) is 0 Å². The molecule has 0 atom stereocenters. The van der Waals surface area contributed by atoms with E-state index in [-0.39, 0.29) is 22.2 Å². The lowest BCUT2D eigenvalue weighted by Crippen LogP contribution is -2.13. The second-order valence-electron chi connectivity index (χ2n) is 4.62. The van der Waals surface area contributed by atoms with E-state index in [2.05, 4.69) is 10.3 Å². The average molecular weight is 351 g/mol. The fourth-order valence-electron chi connectivity index (χ4n) is 1.88. The predicted molar refractivity (Wildman–Crippen MR) is 86.9 cm³/mol. The summed E-state index contributed by atoms with van der Waals surface area (Å²) in [7, 11) is 0. The number of rotatable bonds is 3. The molecule has 0 aliphatic heterocycles. The van der Waals surface area contributed by atoms with Crippen molar-refractivity contribution in [3.8, 4) is 10.6 Å². The topological polar surface area (TPSA) is 42.0 Å². The van der Waals surface area contributed by atoms with Crippen LogP contribution in [0.1, 0.15) is 10.5 Å². The third-order valence-electron chi connectivity index (χ3n) is 3.01. The molecule has 0 saturated heterocycles. The van der Waals surface area contributed by atoms with Gasteiger partial charge in [-0.15, -0.1) is 11.3 Å². The van der Waals surface area contributed by atoms with E-state index in [4.69, 9.17) is 11.6 Å². The first kappa shape index (κ1) is 15.6. The van der Waals surface area contributed by atoms with Crippen LogP contribution in [0.2, 0.25) is 5.02 Å². The maximum atomic E-state index is 13.7. The van der Waals surface area contributed by atoms with Crippen molar-refractivity contribution in [2.45, 2.75) is 0 Å². The number of carbonyl (C=O) groups is 1. The molecule has 0 aliphatic rings. The highest BCUT2D eigenvalue weighted by atomic mass is 35.5. The van der Waals surface area contributed by atoms with Crippen LogP contribution in [0.25, 0.3) is 10.6 Å². The molecule has 3 aromatic rings. The van der Waals surface area contributed by atoms with Crippen molar-refractivity contribution in [1.82, 2.24) is 4.98 Å². The molecule has 0 bridgehead atoms. The normalized spacial score (nSPS) is 10.6. The monoisotopic (exact) mass is 350 g/mol. The summed E-state index contributed by atoms with van der Waals surface area (Å²) >= 11 is 6.91. The van der Waals surface area contributed by atoms with Crippen LogP contribution in [-0.4, -0.2) is 10.9 Å². The van der Waals surface area contributed by atoms with Crippen molar-refractivity contribution in [1.29, 1.82) is 0 Å². The Morgan fingerprint density at radius 3 is 2.57 bits per heavy atom. The van der Waals surface area contributed by atoms with Crippen LogP contribution < -0.4 is 5.32 Å². The molecule has 1 N–H and O–H groups in total. The van der Waals surface area contributed by atoms with E-state index in [0.29, 0.717) is 10.6 Å². The van der Waals surface area contributed by atoms with E-state index in [1.54, 1.807) is 17.5 Å². The molecule has 0 radical (unpaired) electrons. The minimum Gasteiger partial charge on any atom is -0.318 e. The summed E-state index contributed by atoms with van der Waals surface area (Å²) in [5, 5.41) is 4.82. The highest BCUT2D eigenvalue weighted by Crippen LogP contribution is 2.25. The molecule has 3 rings (SSSR count). The van der Waals surface area contributed by atoms with Crippen LogP contribution in [-0.2, 0) is 0 Å². The zero-order chi connectivity index (χ0) is 16.4. The largest absolute Gasteiger partial charge is 0.318 e. The summed E-state index contributed by atoms with van der Waals surface area (Å²) in [5.41, 5.74) is 0.882. The van der Waals surface area contributed by atoms with E-state index in [1.807, 2.05) is 0 Å². The number of benzene rings is 2. The number of thiazole rings is 1.